The molecule has 0 aromatic carbocycles. The van der Waals surface area contributed by atoms with E-state index >= 15 is 0 Å². The molecule has 2 rings (SSSR count). The number of nitrogens with one attached hydrogen (secondary N) is 3. The lowest BCUT2D eigenvalue weighted by Gasteiger charge is -2.30. The molecule has 0 aromatic rings. The van der Waals surface area contributed by atoms with Crippen LogP contribution in [0.15, 0.2) is 4.99 Å². The highest BCUT2D eigenvalue weighted by Gasteiger charge is 2.28. The van der Waals surface area contributed by atoms with Gasteiger partial charge in [0.05, 0.1) is 19.3 Å². The first-order chi connectivity index (χ1) is 13.0. The maximum atomic E-state index is 12.3. The second-order valence-electron chi connectivity index (χ2n) is 8.22. The zero-order valence-corrected chi connectivity index (χ0v) is 19.9. The topological polar surface area (TPSA) is 95.0 Å². The van der Waals surface area contributed by atoms with Crippen molar-refractivity contribution < 1.29 is 14.6 Å². The third kappa shape index (κ3) is 10.2. The van der Waals surface area contributed by atoms with E-state index in [1.807, 2.05) is 20.8 Å². The van der Waals surface area contributed by atoms with Crippen LogP contribution in [0, 0.1) is 11.8 Å². The molecule has 8 heteroatoms. The molecule has 164 valence electrons. The van der Waals surface area contributed by atoms with Gasteiger partial charge in [0.25, 0.3) is 0 Å². The number of aliphatic imine (C=N–C) groups is 1. The summed E-state index contributed by atoms with van der Waals surface area (Å²) in [6, 6.07) is 0.399. The molecule has 0 spiro atoms. The quantitative estimate of drug-likeness (QED) is 0.205. The Bertz CT molecular complexity index is 486. The van der Waals surface area contributed by atoms with Gasteiger partial charge in [-0.25, -0.2) is 0 Å². The van der Waals surface area contributed by atoms with E-state index in [1.165, 1.54) is 12.8 Å². The Morgan fingerprint density at radius 2 is 2.00 bits per heavy atom. The molecule has 0 heterocycles. The van der Waals surface area contributed by atoms with Crippen LogP contribution < -0.4 is 16.0 Å². The molecule has 0 bridgehead atoms. The molecule has 0 aromatic heterocycles. The van der Waals surface area contributed by atoms with Crippen LogP contribution >= 0.6 is 24.0 Å². The van der Waals surface area contributed by atoms with Gasteiger partial charge in [0.1, 0.15) is 0 Å². The summed E-state index contributed by atoms with van der Waals surface area (Å²) in [5.41, 5.74) is 0. The number of ether oxygens (including phenoxy) is 1. The number of rotatable bonds is 10. The summed E-state index contributed by atoms with van der Waals surface area (Å²) in [5.74, 6) is 1.62. The number of hydrogen-bond acceptors (Lipinski definition) is 4. The fourth-order valence-electron chi connectivity index (χ4n) is 3.38. The normalized spacial score (nSPS) is 23.7. The second kappa shape index (κ2) is 13.6. The molecule has 0 aliphatic heterocycles. The molecule has 7 nitrogen and oxygen atoms in total. The number of halogens is 1. The highest BCUT2D eigenvalue weighted by molar-refractivity contribution is 14.0. The third-order valence-corrected chi connectivity index (χ3v) is 4.98. The number of guanidine groups is 1. The summed E-state index contributed by atoms with van der Waals surface area (Å²) in [4.78, 5) is 16.8. The number of aliphatic hydroxyl groups excluding tert-OH is 1. The smallest absolute Gasteiger partial charge is 0.223 e. The third-order valence-electron chi connectivity index (χ3n) is 4.98. The summed E-state index contributed by atoms with van der Waals surface area (Å²) in [7, 11) is 0. The van der Waals surface area contributed by atoms with Gasteiger partial charge in [-0.3, -0.25) is 9.79 Å². The molecule has 3 atom stereocenters. The number of amides is 1. The molecule has 4 N–H and O–H groups in total. The number of carbonyl (C=O) groups is 1. The van der Waals surface area contributed by atoms with E-state index in [9.17, 15) is 9.90 Å². The predicted octanol–water partition coefficient (Wildman–Crippen LogP) is 2.03. The van der Waals surface area contributed by atoms with Gasteiger partial charge in [0, 0.05) is 31.2 Å². The largest absolute Gasteiger partial charge is 0.389 e. The van der Waals surface area contributed by atoms with Crippen molar-refractivity contribution in [2.75, 3.05) is 26.3 Å². The highest BCUT2D eigenvalue weighted by atomic mass is 127. The number of aliphatic hydroxyl groups is 1. The molecular weight excluding hydrogens is 471 g/mol. The average Bonchev–Trinajstić information content (AvgIpc) is 3.44. The number of hydrogen-bond donors (Lipinski definition) is 4. The number of nitrogens with zero attached hydrogens (tertiary/aromatic N) is 1. The van der Waals surface area contributed by atoms with Crippen LogP contribution in [0.25, 0.3) is 0 Å². The predicted molar refractivity (Wildman–Crippen MR) is 123 cm³/mol. The first-order valence-electron chi connectivity index (χ1n) is 10.6. The van der Waals surface area contributed by atoms with Crippen LogP contribution in [-0.4, -0.2) is 61.5 Å². The van der Waals surface area contributed by atoms with Crippen molar-refractivity contribution in [2.45, 2.75) is 77.5 Å². The van der Waals surface area contributed by atoms with Crippen LogP contribution in [0.2, 0.25) is 0 Å². The summed E-state index contributed by atoms with van der Waals surface area (Å²) in [6.07, 6.45) is 5.74. The SMILES string of the molecule is CCNC(=NCC(O)COCC1CC1)NC1CCCC(C(=O)NC(C)C)C1.I. The molecular formula is C20H39IN4O3. The van der Waals surface area contributed by atoms with Crippen LogP contribution in [0.4, 0.5) is 0 Å². The Morgan fingerprint density at radius 1 is 1.25 bits per heavy atom. The molecule has 3 unspecified atom stereocenters. The zero-order chi connectivity index (χ0) is 19.6. The Hall–Kier alpha value is -0.610. The van der Waals surface area contributed by atoms with Gasteiger partial charge < -0.3 is 25.8 Å². The van der Waals surface area contributed by atoms with Crippen molar-refractivity contribution in [3.8, 4) is 0 Å². The number of carbonyl (C=O) groups excluding carboxylic acids is 1. The van der Waals surface area contributed by atoms with Crippen molar-refractivity contribution in [1.82, 2.24) is 16.0 Å². The highest BCUT2D eigenvalue weighted by Crippen LogP contribution is 2.28. The molecule has 2 fully saturated rings. The van der Waals surface area contributed by atoms with Crippen molar-refractivity contribution in [3.63, 3.8) is 0 Å². The van der Waals surface area contributed by atoms with E-state index in [2.05, 4.69) is 20.9 Å². The van der Waals surface area contributed by atoms with Gasteiger partial charge in [-0.05, 0) is 58.8 Å². The molecule has 28 heavy (non-hydrogen) atoms. The summed E-state index contributed by atoms with van der Waals surface area (Å²) in [5, 5.41) is 19.8. The Morgan fingerprint density at radius 3 is 2.64 bits per heavy atom. The average molecular weight is 510 g/mol. The molecule has 0 radical (unpaired) electrons. The maximum absolute atomic E-state index is 12.3. The standard InChI is InChI=1S/C20H38N4O3.HI/c1-4-21-20(22-11-18(25)13-27-12-15-8-9-15)24-17-7-5-6-16(10-17)19(26)23-14(2)3;/h14-18,25H,4-13H2,1-3H3,(H,23,26)(H2,21,22,24);1H. The summed E-state index contributed by atoms with van der Waals surface area (Å²) >= 11 is 0. The van der Waals surface area contributed by atoms with Gasteiger partial charge >= 0.3 is 0 Å². The zero-order valence-electron chi connectivity index (χ0n) is 17.6. The Kier molecular flexibility index (Phi) is 12.3. The first kappa shape index (κ1) is 25.4. The van der Waals surface area contributed by atoms with Crippen LogP contribution in [0.3, 0.4) is 0 Å². The summed E-state index contributed by atoms with van der Waals surface area (Å²) < 4.78 is 5.53. The monoisotopic (exact) mass is 510 g/mol. The van der Waals surface area contributed by atoms with Gasteiger partial charge in [0.15, 0.2) is 5.96 Å². The fraction of sp³-hybridized carbons (Fsp3) is 0.900. The molecule has 2 aliphatic carbocycles. The van der Waals surface area contributed by atoms with E-state index in [4.69, 9.17) is 4.74 Å². The van der Waals surface area contributed by atoms with E-state index in [0.29, 0.717) is 25.0 Å². The van der Waals surface area contributed by atoms with Gasteiger partial charge in [-0.15, -0.1) is 24.0 Å². The first-order valence-corrected chi connectivity index (χ1v) is 10.6. The molecule has 2 aliphatic rings. The lowest BCUT2D eigenvalue weighted by molar-refractivity contribution is -0.126. The summed E-state index contributed by atoms with van der Waals surface area (Å²) in [6.45, 7) is 8.15. The Balaban J connectivity index is 0.00000392. The van der Waals surface area contributed by atoms with Crippen molar-refractivity contribution in [2.24, 2.45) is 16.8 Å². The van der Waals surface area contributed by atoms with Crippen LogP contribution in [-0.2, 0) is 9.53 Å². The van der Waals surface area contributed by atoms with Gasteiger partial charge in [-0.2, -0.15) is 0 Å². The molecule has 2 saturated carbocycles. The van der Waals surface area contributed by atoms with Gasteiger partial charge in [-0.1, -0.05) is 6.42 Å². The maximum Gasteiger partial charge on any atom is 0.223 e. The van der Waals surface area contributed by atoms with Crippen molar-refractivity contribution in [3.05, 3.63) is 0 Å². The van der Waals surface area contributed by atoms with E-state index in [1.54, 1.807) is 0 Å². The minimum Gasteiger partial charge on any atom is -0.389 e. The lowest BCUT2D eigenvalue weighted by Crippen LogP contribution is -2.47. The Labute approximate surface area is 186 Å². The van der Waals surface area contributed by atoms with Gasteiger partial charge in [0.2, 0.25) is 5.91 Å². The second-order valence-corrected chi connectivity index (χ2v) is 8.22. The van der Waals surface area contributed by atoms with Crippen LogP contribution in [0.1, 0.15) is 59.3 Å². The molecule has 0 saturated heterocycles. The van der Waals surface area contributed by atoms with Crippen molar-refractivity contribution >= 4 is 35.8 Å². The van der Waals surface area contributed by atoms with Crippen molar-refractivity contribution in [1.29, 1.82) is 0 Å². The minimum absolute atomic E-state index is 0. The van der Waals surface area contributed by atoms with Crippen LogP contribution in [0.5, 0.6) is 0 Å². The lowest BCUT2D eigenvalue weighted by atomic mass is 9.85. The van der Waals surface area contributed by atoms with E-state index in [-0.39, 0.29) is 47.9 Å². The fourth-order valence-corrected chi connectivity index (χ4v) is 3.38. The minimum atomic E-state index is -0.588. The van der Waals surface area contributed by atoms with E-state index in [0.717, 1.165) is 38.8 Å². The molecule has 1 amide bonds. The van der Waals surface area contributed by atoms with E-state index < -0.39 is 6.10 Å².